The summed E-state index contributed by atoms with van der Waals surface area (Å²) in [6.07, 6.45) is -1.42. The highest BCUT2D eigenvalue weighted by Crippen LogP contribution is 2.33. The van der Waals surface area contributed by atoms with Crippen molar-refractivity contribution < 1.29 is 21.6 Å². The molecule has 0 amide bonds. The van der Waals surface area contributed by atoms with E-state index in [1.54, 1.807) is 6.07 Å². The zero-order valence-corrected chi connectivity index (χ0v) is 16.4. The number of anilines is 1. The molecular weight excluding hydrogens is 409 g/mol. The first-order chi connectivity index (χ1) is 13.6. The molecule has 1 aliphatic rings. The first-order valence-corrected chi connectivity index (χ1v) is 10.5. The Labute approximate surface area is 164 Å². The summed E-state index contributed by atoms with van der Waals surface area (Å²) in [5, 5.41) is 3.35. The molecule has 0 spiro atoms. The number of rotatable bonds is 5. The Morgan fingerprint density at radius 1 is 1.17 bits per heavy atom. The Balaban J connectivity index is 1.88. The molecule has 0 unspecified atom stereocenters. The van der Waals surface area contributed by atoms with Crippen molar-refractivity contribution in [2.24, 2.45) is 0 Å². The summed E-state index contributed by atoms with van der Waals surface area (Å²) in [6.45, 7) is 1.51. The Bertz CT molecular complexity index is 1190. The lowest BCUT2D eigenvalue weighted by molar-refractivity contribution is -0.144. The van der Waals surface area contributed by atoms with Gasteiger partial charge in [-0.1, -0.05) is 6.92 Å². The Morgan fingerprint density at radius 2 is 1.90 bits per heavy atom. The molecule has 0 saturated heterocycles. The van der Waals surface area contributed by atoms with Gasteiger partial charge in [0, 0.05) is 19.3 Å². The van der Waals surface area contributed by atoms with Gasteiger partial charge in [-0.05, 0) is 31.0 Å². The molecule has 1 aliphatic carbocycles. The van der Waals surface area contributed by atoms with E-state index in [9.17, 15) is 21.6 Å². The molecule has 0 aromatic carbocycles. The standard InChI is InChI=1S/C17H17F3N6O2S/c1-3-29(27,28)12-6-7-13(25(2)10-4-5-10)22-14(12)11-8-9-26-16(21-11)23-15(24-26)17(18,19)20/h6-10H,3-5H2,1-2H3. The van der Waals surface area contributed by atoms with E-state index in [2.05, 4.69) is 20.1 Å². The van der Waals surface area contributed by atoms with Crippen LogP contribution in [0, 0.1) is 0 Å². The van der Waals surface area contributed by atoms with Crippen LogP contribution in [0.2, 0.25) is 0 Å². The van der Waals surface area contributed by atoms with Crippen molar-refractivity contribution in [3.8, 4) is 11.4 Å². The molecule has 0 N–H and O–H groups in total. The molecule has 0 bridgehead atoms. The van der Waals surface area contributed by atoms with Crippen LogP contribution in [0.15, 0.2) is 29.3 Å². The average molecular weight is 426 g/mol. The summed E-state index contributed by atoms with van der Waals surface area (Å²) in [4.78, 5) is 13.9. The van der Waals surface area contributed by atoms with Gasteiger partial charge in [-0.25, -0.2) is 22.9 Å². The van der Waals surface area contributed by atoms with Gasteiger partial charge in [0.15, 0.2) is 9.84 Å². The van der Waals surface area contributed by atoms with E-state index in [1.165, 1.54) is 25.3 Å². The highest BCUT2D eigenvalue weighted by atomic mass is 32.2. The molecule has 154 valence electrons. The molecule has 1 fully saturated rings. The first-order valence-electron chi connectivity index (χ1n) is 8.88. The van der Waals surface area contributed by atoms with Crippen molar-refractivity contribution >= 4 is 21.4 Å². The van der Waals surface area contributed by atoms with Crippen LogP contribution in [-0.2, 0) is 16.0 Å². The van der Waals surface area contributed by atoms with E-state index in [1.807, 2.05) is 11.9 Å². The van der Waals surface area contributed by atoms with Crippen molar-refractivity contribution in [2.45, 2.75) is 36.9 Å². The number of nitrogens with zero attached hydrogens (tertiary/aromatic N) is 6. The van der Waals surface area contributed by atoms with Crippen LogP contribution in [0.4, 0.5) is 19.0 Å². The average Bonchev–Trinajstić information content (AvgIpc) is 3.43. The SMILES string of the molecule is CCS(=O)(=O)c1ccc(N(C)C2CC2)nc1-c1ccn2nc(C(F)(F)F)nc2n1. The molecular formula is C17H17F3N6O2S. The number of aromatic nitrogens is 5. The van der Waals surface area contributed by atoms with Gasteiger partial charge in [0.1, 0.15) is 11.5 Å². The van der Waals surface area contributed by atoms with Gasteiger partial charge in [0.25, 0.3) is 11.6 Å². The van der Waals surface area contributed by atoms with Crippen molar-refractivity contribution in [3.05, 3.63) is 30.2 Å². The van der Waals surface area contributed by atoms with Gasteiger partial charge in [-0.15, -0.1) is 5.10 Å². The second-order valence-corrected chi connectivity index (χ2v) is 9.00. The van der Waals surface area contributed by atoms with Crippen LogP contribution >= 0.6 is 0 Å². The minimum atomic E-state index is -4.71. The van der Waals surface area contributed by atoms with E-state index in [0.717, 1.165) is 17.4 Å². The fraction of sp³-hybridized carbons (Fsp3) is 0.412. The third kappa shape index (κ3) is 3.63. The Kier molecular flexibility index (Phi) is 4.48. The van der Waals surface area contributed by atoms with Crippen LogP contribution in [0.25, 0.3) is 17.2 Å². The fourth-order valence-corrected chi connectivity index (χ4v) is 3.93. The topological polar surface area (TPSA) is 93.4 Å². The number of halogens is 3. The summed E-state index contributed by atoms with van der Waals surface area (Å²) in [5.41, 5.74) is 0.188. The number of hydrogen-bond donors (Lipinski definition) is 0. The van der Waals surface area contributed by atoms with Gasteiger partial charge in [-0.2, -0.15) is 18.2 Å². The second-order valence-electron chi connectivity index (χ2n) is 6.75. The Morgan fingerprint density at radius 3 is 2.52 bits per heavy atom. The third-order valence-electron chi connectivity index (χ3n) is 4.72. The number of hydrogen-bond acceptors (Lipinski definition) is 7. The van der Waals surface area contributed by atoms with Crippen LogP contribution in [0.5, 0.6) is 0 Å². The summed E-state index contributed by atoms with van der Waals surface area (Å²) in [5.74, 6) is -1.20. The van der Waals surface area contributed by atoms with Crippen LogP contribution in [0.1, 0.15) is 25.6 Å². The quantitative estimate of drug-likeness (QED) is 0.619. The minimum absolute atomic E-state index is 0.0274. The highest BCUT2D eigenvalue weighted by Gasteiger charge is 2.36. The van der Waals surface area contributed by atoms with Crippen LogP contribution in [0.3, 0.4) is 0 Å². The molecule has 29 heavy (non-hydrogen) atoms. The van der Waals surface area contributed by atoms with E-state index in [-0.39, 0.29) is 27.8 Å². The zero-order valence-electron chi connectivity index (χ0n) is 15.5. The van der Waals surface area contributed by atoms with Gasteiger partial charge in [0.05, 0.1) is 16.3 Å². The monoisotopic (exact) mass is 426 g/mol. The molecule has 8 nitrogen and oxygen atoms in total. The zero-order chi connectivity index (χ0) is 21.0. The number of alkyl halides is 3. The maximum absolute atomic E-state index is 12.9. The lowest BCUT2D eigenvalue weighted by Gasteiger charge is -2.19. The van der Waals surface area contributed by atoms with E-state index < -0.39 is 21.8 Å². The maximum atomic E-state index is 12.9. The van der Waals surface area contributed by atoms with Gasteiger partial charge >= 0.3 is 6.18 Å². The second kappa shape index (κ2) is 6.65. The van der Waals surface area contributed by atoms with Gasteiger partial charge < -0.3 is 4.90 Å². The lowest BCUT2D eigenvalue weighted by Crippen LogP contribution is -2.21. The Hall–Kier alpha value is -2.76. The minimum Gasteiger partial charge on any atom is -0.357 e. The molecule has 3 aromatic heterocycles. The predicted octanol–water partition coefficient (Wildman–Crippen LogP) is 2.60. The van der Waals surface area contributed by atoms with Crippen molar-refractivity contribution in [2.75, 3.05) is 17.7 Å². The van der Waals surface area contributed by atoms with Crippen LogP contribution < -0.4 is 4.90 Å². The molecule has 1 saturated carbocycles. The van der Waals surface area contributed by atoms with E-state index in [4.69, 9.17) is 0 Å². The normalized spacial score (nSPS) is 15.1. The fourth-order valence-electron chi connectivity index (χ4n) is 2.90. The molecule has 3 heterocycles. The first kappa shape index (κ1) is 19.6. The number of fused-ring (bicyclic) bond motifs is 1. The van der Waals surface area contributed by atoms with Crippen LogP contribution in [-0.4, -0.2) is 51.8 Å². The predicted molar refractivity (Wildman–Crippen MR) is 98.2 cm³/mol. The van der Waals surface area contributed by atoms with Crippen molar-refractivity contribution in [1.82, 2.24) is 24.6 Å². The van der Waals surface area contributed by atoms with Gasteiger partial charge in [-0.3, -0.25) is 0 Å². The summed E-state index contributed by atoms with van der Waals surface area (Å²) >= 11 is 0. The summed E-state index contributed by atoms with van der Waals surface area (Å²) < 4.78 is 64.6. The van der Waals surface area contributed by atoms with Crippen molar-refractivity contribution in [1.29, 1.82) is 0 Å². The lowest BCUT2D eigenvalue weighted by atomic mass is 10.2. The molecule has 4 rings (SSSR count). The van der Waals surface area contributed by atoms with E-state index in [0.29, 0.717) is 11.9 Å². The molecule has 0 radical (unpaired) electrons. The molecule has 12 heteroatoms. The smallest absolute Gasteiger partial charge is 0.357 e. The maximum Gasteiger partial charge on any atom is 0.453 e. The largest absolute Gasteiger partial charge is 0.453 e. The summed E-state index contributed by atoms with van der Waals surface area (Å²) in [7, 11) is -1.78. The highest BCUT2D eigenvalue weighted by molar-refractivity contribution is 7.91. The van der Waals surface area contributed by atoms with E-state index >= 15 is 0 Å². The number of pyridine rings is 1. The molecule has 0 aliphatic heterocycles. The molecule has 0 atom stereocenters. The summed E-state index contributed by atoms with van der Waals surface area (Å²) in [6, 6.07) is 4.80. The van der Waals surface area contributed by atoms with Crippen molar-refractivity contribution in [3.63, 3.8) is 0 Å². The third-order valence-corrected chi connectivity index (χ3v) is 6.48. The number of sulfone groups is 1. The molecule has 3 aromatic rings. The van der Waals surface area contributed by atoms with Gasteiger partial charge in [0.2, 0.25) is 0 Å².